The van der Waals surface area contributed by atoms with E-state index in [2.05, 4.69) is 20.5 Å². The van der Waals surface area contributed by atoms with E-state index in [1.807, 2.05) is 6.92 Å². The van der Waals surface area contributed by atoms with Crippen LogP contribution in [-0.2, 0) is 11.3 Å². The topological polar surface area (TPSA) is 111 Å². The van der Waals surface area contributed by atoms with Crippen LogP contribution in [0.1, 0.15) is 25.6 Å². The molecule has 1 aromatic heterocycles. The average Bonchev–Trinajstić information content (AvgIpc) is 2.88. The summed E-state index contributed by atoms with van der Waals surface area (Å²) in [7, 11) is 0. The van der Waals surface area contributed by atoms with Crippen LogP contribution in [0.4, 0.5) is 4.79 Å². The largest absolute Gasteiger partial charge is 0.480 e. The highest BCUT2D eigenvalue weighted by Crippen LogP contribution is 2.23. The number of carboxylic acid groups (broad SMARTS) is 1. The second kappa shape index (κ2) is 5.68. The predicted octanol–water partition coefficient (Wildman–Crippen LogP) is 0.199. The summed E-state index contributed by atoms with van der Waals surface area (Å²) in [6.45, 7) is 2.52. The third-order valence-electron chi connectivity index (χ3n) is 3.32. The van der Waals surface area contributed by atoms with E-state index in [9.17, 15) is 14.7 Å². The third-order valence-corrected chi connectivity index (χ3v) is 3.32. The van der Waals surface area contributed by atoms with Gasteiger partial charge in [0.25, 0.3) is 0 Å². The minimum Gasteiger partial charge on any atom is -0.480 e. The summed E-state index contributed by atoms with van der Waals surface area (Å²) in [5.41, 5.74) is 0. The first-order chi connectivity index (χ1) is 9.09. The van der Waals surface area contributed by atoms with Crippen molar-refractivity contribution >= 4 is 12.0 Å². The number of nitrogens with one attached hydrogen (secondary N) is 2. The number of nitrogens with zero attached hydrogens (tertiary/aromatic N) is 3. The molecule has 1 aromatic rings. The number of aromatic amines is 1. The molecule has 0 saturated carbocycles. The molecule has 0 aromatic carbocycles. The highest BCUT2D eigenvalue weighted by atomic mass is 16.4. The Hall–Kier alpha value is -2.12. The van der Waals surface area contributed by atoms with Crippen molar-refractivity contribution in [2.24, 2.45) is 5.92 Å². The summed E-state index contributed by atoms with van der Waals surface area (Å²) < 4.78 is 0. The lowest BCUT2D eigenvalue weighted by Crippen LogP contribution is -2.54. The van der Waals surface area contributed by atoms with E-state index >= 15 is 0 Å². The van der Waals surface area contributed by atoms with Gasteiger partial charge in [-0.1, -0.05) is 6.92 Å². The van der Waals surface area contributed by atoms with Gasteiger partial charge in [0.05, 0.1) is 6.54 Å². The van der Waals surface area contributed by atoms with E-state index in [0.717, 1.165) is 12.8 Å². The highest BCUT2D eigenvalue weighted by molar-refractivity contribution is 5.83. The van der Waals surface area contributed by atoms with Crippen molar-refractivity contribution < 1.29 is 14.7 Å². The van der Waals surface area contributed by atoms with Gasteiger partial charge in [0.15, 0.2) is 0 Å². The first kappa shape index (κ1) is 13.3. The summed E-state index contributed by atoms with van der Waals surface area (Å²) in [5.74, 6) is -0.463. The molecular formula is C11H17N5O3. The molecule has 104 valence electrons. The number of piperidine rings is 1. The maximum atomic E-state index is 12.0. The minimum atomic E-state index is -0.956. The number of urea groups is 1. The first-order valence-electron chi connectivity index (χ1n) is 6.21. The number of likely N-dealkylation sites (tertiary alicyclic amines) is 1. The number of hydrogen-bond acceptors (Lipinski definition) is 4. The Morgan fingerprint density at radius 2 is 2.42 bits per heavy atom. The lowest BCUT2D eigenvalue weighted by Gasteiger charge is -2.37. The quantitative estimate of drug-likeness (QED) is 0.724. The molecule has 1 fully saturated rings. The van der Waals surface area contributed by atoms with Crippen molar-refractivity contribution in [3.63, 3.8) is 0 Å². The van der Waals surface area contributed by atoms with Gasteiger partial charge in [-0.25, -0.2) is 14.6 Å². The number of aliphatic carboxylic acids is 1. The Morgan fingerprint density at radius 1 is 1.63 bits per heavy atom. The fraction of sp³-hybridized carbons (Fsp3) is 0.636. The van der Waals surface area contributed by atoms with Crippen molar-refractivity contribution in [3.05, 3.63) is 12.2 Å². The predicted molar refractivity (Wildman–Crippen MR) is 65.1 cm³/mol. The molecule has 1 saturated heterocycles. The standard InChI is InChI=1S/C11H17N5O3/c1-7-3-2-4-16(9(7)10(17)18)11(19)12-5-8-13-6-14-15-8/h6-7,9H,2-5H2,1H3,(H,12,19)(H,17,18)(H,13,14,15). The van der Waals surface area contributed by atoms with Gasteiger partial charge in [-0.05, 0) is 18.8 Å². The molecule has 0 aliphatic carbocycles. The number of rotatable bonds is 3. The van der Waals surface area contributed by atoms with Gasteiger partial charge in [0, 0.05) is 6.54 Å². The molecule has 0 bridgehead atoms. The smallest absolute Gasteiger partial charge is 0.326 e. The number of carbonyl (C=O) groups is 2. The second-order valence-electron chi connectivity index (χ2n) is 4.69. The van der Waals surface area contributed by atoms with Gasteiger partial charge < -0.3 is 15.3 Å². The van der Waals surface area contributed by atoms with Crippen molar-refractivity contribution in [2.45, 2.75) is 32.4 Å². The third kappa shape index (κ3) is 3.01. The zero-order valence-corrected chi connectivity index (χ0v) is 10.7. The number of amides is 2. The monoisotopic (exact) mass is 267 g/mol. The van der Waals surface area contributed by atoms with Gasteiger partial charge in [0.2, 0.25) is 0 Å². The van der Waals surface area contributed by atoms with Crippen molar-refractivity contribution in [3.8, 4) is 0 Å². The Kier molecular flexibility index (Phi) is 3.98. The molecule has 0 radical (unpaired) electrons. The van der Waals surface area contributed by atoms with Crippen LogP contribution in [0.15, 0.2) is 6.33 Å². The minimum absolute atomic E-state index is 0.0396. The molecule has 8 heteroatoms. The van der Waals surface area contributed by atoms with Gasteiger partial charge >= 0.3 is 12.0 Å². The van der Waals surface area contributed by atoms with Crippen molar-refractivity contribution in [1.29, 1.82) is 0 Å². The lowest BCUT2D eigenvalue weighted by atomic mass is 9.91. The fourth-order valence-corrected chi connectivity index (χ4v) is 2.37. The van der Waals surface area contributed by atoms with Crippen LogP contribution >= 0.6 is 0 Å². The van der Waals surface area contributed by atoms with Crippen LogP contribution in [0.2, 0.25) is 0 Å². The zero-order valence-electron chi connectivity index (χ0n) is 10.7. The molecule has 19 heavy (non-hydrogen) atoms. The molecule has 2 amide bonds. The van der Waals surface area contributed by atoms with E-state index in [-0.39, 0.29) is 18.5 Å². The number of carbonyl (C=O) groups excluding carboxylic acids is 1. The van der Waals surface area contributed by atoms with Crippen LogP contribution < -0.4 is 5.32 Å². The maximum Gasteiger partial charge on any atom is 0.326 e. The zero-order chi connectivity index (χ0) is 13.8. The molecule has 1 aliphatic rings. The molecule has 2 atom stereocenters. The molecule has 2 heterocycles. The molecule has 2 rings (SSSR count). The van der Waals surface area contributed by atoms with E-state index in [4.69, 9.17) is 0 Å². The summed E-state index contributed by atoms with van der Waals surface area (Å²) in [5, 5.41) is 18.2. The average molecular weight is 267 g/mol. The Balaban J connectivity index is 1.97. The van der Waals surface area contributed by atoms with Crippen molar-refractivity contribution in [2.75, 3.05) is 6.54 Å². The molecule has 0 spiro atoms. The number of carboxylic acids is 1. The van der Waals surface area contributed by atoms with Gasteiger partial charge in [-0.15, -0.1) is 0 Å². The fourth-order valence-electron chi connectivity index (χ4n) is 2.37. The van der Waals surface area contributed by atoms with E-state index in [1.54, 1.807) is 0 Å². The van der Waals surface area contributed by atoms with E-state index in [1.165, 1.54) is 11.2 Å². The van der Waals surface area contributed by atoms with Crippen molar-refractivity contribution in [1.82, 2.24) is 25.4 Å². The number of hydrogen-bond donors (Lipinski definition) is 3. The highest BCUT2D eigenvalue weighted by Gasteiger charge is 2.36. The van der Waals surface area contributed by atoms with Gasteiger partial charge in [-0.3, -0.25) is 5.10 Å². The summed E-state index contributed by atoms with van der Waals surface area (Å²) >= 11 is 0. The van der Waals surface area contributed by atoms with Crippen LogP contribution in [0, 0.1) is 5.92 Å². The maximum absolute atomic E-state index is 12.0. The van der Waals surface area contributed by atoms with E-state index < -0.39 is 12.0 Å². The summed E-state index contributed by atoms with van der Waals surface area (Å²) in [6, 6.07) is -1.14. The summed E-state index contributed by atoms with van der Waals surface area (Å²) in [4.78, 5) is 28.6. The van der Waals surface area contributed by atoms with Gasteiger partial charge in [0.1, 0.15) is 18.2 Å². The molecule has 8 nitrogen and oxygen atoms in total. The van der Waals surface area contributed by atoms with Crippen LogP contribution in [-0.4, -0.2) is 49.8 Å². The first-order valence-corrected chi connectivity index (χ1v) is 6.21. The van der Waals surface area contributed by atoms with Crippen LogP contribution in [0.3, 0.4) is 0 Å². The van der Waals surface area contributed by atoms with Crippen LogP contribution in [0.5, 0.6) is 0 Å². The lowest BCUT2D eigenvalue weighted by molar-refractivity contribution is -0.145. The van der Waals surface area contributed by atoms with Crippen LogP contribution in [0.25, 0.3) is 0 Å². The molecule has 3 N–H and O–H groups in total. The number of H-pyrrole nitrogens is 1. The normalized spacial score (nSPS) is 23.1. The van der Waals surface area contributed by atoms with Gasteiger partial charge in [-0.2, -0.15) is 5.10 Å². The Morgan fingerprint density at radius 3 is 3.05 bits per heavy atom. The Bertz CT molecular complexity index is 447. The second-order valence-corrected chi connectivity index (χ2v) is 4.69. The SMILES string of the molecule is CC1CCCN(C(=O)NCc2ncn[nH]2)C1C(=O)O. The Labute approximate surface area is 110 Å². The molecule has 1 aliphatic heterocycles. The molecular weight excluding hydrogens is 250 g/mol. The number of aromatic nitrogens is 3. The summed E-state index contributed by atoms with van der Waals surface area (Å²) in [6.07, 6.45) is 2.99. The molecule has 2 unspecified atom stereocenters. The van der Waals surface area contributed by atoms with E-state index in [0.29, 0.717) is 12.4 Å².